The summed E-state index contributed by atoms with van der Waals surface area (Å²) in [6.45, 7) is 5.99. The number of carbonyl (C=O) groups is 1. The zero-order valence-corrected chi connectivity index (χ0v) is 14.4. The van der Waals surface area contributed by atoms with E-state index in [9.17, 15) is 14.9 Å². The minimum absolute atomic E-state index is 0.0296. The smallest absolute Gasteiger partial charge is 0.312 e. The Morgan fingerprint density at radius 3 is 2.65 bits per heavy atom. The van der Waals surface area contributed by atoms with Gasteiger partial charge in [-0.2, -0.15) is 0 Å². The maximum atomic E-state index is 11.8. The molecule has 0 aliphatic heterocycles. The SMILES string of the molecule is CC(C)CCC[C@H](C)NC(=O)COc1ccc(Cl)cc1[N+](=O)[O-]. The average Bonchev–Trinajstić information content (AvgIpc) is 2.45. The summed E-state index contributed by atoms with van der Waals surface area (Å²) in [6, 6.07) is 4.12. The number of nitrogens with one attached hydrogen (secondary N) is 1. The first-order valence-electron chi connectivity index (χ1n) is 7.65. The predicted octanol–water partition coefficient (Wildman–Crippen LogP) is 3.96. The molecule has 1 N–H and O–H groups in total. The Morgan fingerprint density at radius 2 is 2.04 bits per heavy atom. The van der Waals surface area contributed by atoms with Gasteiger partial charge in [0.05, 0.1) is 4.92 Å². The van der Waals surface area contributed by atoms with Gasteiger partial charge in [0.25, 0.3) is 5.91 Å². The minimum Gasteiger partial charge on any atom is -0.477 e. The maximum Gasteiger partial charge on any atom is 0.312 e. The van der Waals surface area contributed by atoms with Crippen LogP contribution in [-0.4, -0.2) is 23.5 Å². The van der Waals surface area contributed by atoms with Crippen molar-refractivity contribution in [1.82, 2.24) is 5.32 Å². The number of hydrogen-bond donors (Lipinski definition) is 1. The molecule has 7 heteroatoms. The van der Waals surface area contributed by atoms with Gasteiger partial charge in [0, 0.05) is 17.1 Å². The topological polar surface area (TPSA) is 81.5 Å². The predicted molar refractivity (Wildman–Crippen MR) is 89.9 cm³/mol. The second-order valence-electron chi connectivity index (χ2n) is 5.95. The molecule has 0 saturated carbocycles. The lowest BCUT2D eigenvalue weighted by molar-refractivity contribution is -0.385. The molecule has 0 saturated heterocycles. The lowest BCUT2D eigenvalue weighted by Crippen LogP contribution is -2.36. The van der Waals surface area contributed by atoms with Gasteiger partial charge in [0.2, 0.25) is 0 Å². The van der Waals surface area contributed by atoms with Crippen LogP contribution >= 0.6 is 11.6 Å². The second kappa shape index (κ2) is 9.35. The van der Waals surface area contributed by atoms with Crippen molar-refractivity contribution in [2.45, 2.75) is 46.1 Å². The van der Waals surface area contributed by atoms with Crippen LogP contribution in [-0.2, 0) is 4.79 Å². The third-order valence-corrected chi connectivity index (χ3v) is 3.54. The monoisotopic (exact) mass is 342 g/mol. The van der Waals surface area contributed by atoms with Gasteiger partial charge in [-0.1, -0.05) is 38.3 Å². The van der Waals surface area contributed by atoms with Crippen molar-refractivity contribution >= 4 is 23.2 Å². The van der Waals surface area contributed by atoms with E-state index in [1.165, 1.54) is 18.2 Å². The van der Waals surface area contributed by atoms with Gasteiger partial charge in [0.15, 0.2) is 12.4 Å². The molecule has 1 aromatic carbocycles. The van der Waals surface area contributed by atoms with Crippen LogP contribution in [0.2, 0.25) is 5.02 Å². The molecule has 0 heterocycles. The molecule has 23 heavy (non-hydrogen) atoms. The van der Waals surface area contributed by atoms with E-state index < -0.39 is 4.92 Å². The first-order valence-corrected chi connectivity index (χ1v) is 8.03. The first kappa shape index (κ1) is 19.2. The van der Waals surface area contributed by atoms with Crippen LogP contribution in [0, 0.1) is 16.0 Å². The van der Waals surface area contributed by atoms with Crippen molar-refractivity contribution in [3.63, 3.8) is 0 Å². The summed E-state index contributed by atoms with van der Waals surface area (Å²) in [4.78, 5) is 22.2. The van der Waals surface area contributed by atoms with Crippen molar-refractivity contribution in [2.24, 2.45) is 5.92 Å². The number of ether oxygens (including phenoxy) is 1. The van der Waals surface area contributed by atoms with Gasteiger partial charge in [-0.25, -0.2) is 0 Å². The van der Waals surface area contributed by atoms with Gasteiger partial charge in [-0.05, 0) is 31.4 Å². The molecule has 0 unspecified atom stereocenters. The van der Waals surface area contributed by atoms with Crippen LogP contribution in [0.25, 0.3) is 0 Å². The summed E-state index contributed by atoms with van der Waals surface area (Å²) < 4.78 is 5.25. The maximum absolute atomic E-state index is 11.8. The summed E-state index contributed by atoms with van der Waals surface area (Å²) in [7, 11) is 0. The molecule has 0 aliphatic rings. The van der Waals surface area contributed by atoms with E-state index in [1.807, 2.05) is 6.92 Å². The summed E-state index contributed by atoms with van der Waals surface area (Å²) >= 11 is 5.72. The molecule has 0 aliphatic carbocycles. The van der Waals surface area contributed by atoms with Gasteiger partial charge in [-0.15, -0.1) is 0 Å². The zero-order valence-electron chi connectivity index (χ0n) is 13.7. The molecule has 128 valence electrons. The molecule has 0 radical (unpaired) electrons. The largest absolute Gasteiger partial charge is 0.477 e. The van der Waals surface area contributed by atoms with Crippen LogP contribution in [0.4, 0.5) is 5.69 Å². The Labute approximate surface area is 141 Å². The molecule has 1 aromatic rings. The lowest BCUT2D eigenvalue weighted by Gasteiger charge is -2.15. The van der Waals surface area contributed by atoms with E-state index in [-0.39, 0.29) is 35.0 Å². The number of halogens is 1. The van der Waals surface area contributed by atoms with Crippen molar-refractivity contribution in [3.05, 3.63) is 33.3 Å². The van der Waals surface area contributed by atoms with Crippen LogP contribution in [0.15, 0.2) is 18.2 Å². The van der Waals surface area contributed by atoms with Crippen molar-refractivity contribution in [2.75, 3.05) is 6.61 Å². The summed E-state index contributed by atoms with van der Waals surface area (Å²) in [5, 5.41) is 14.0. The van der Waals surface area contributed by atoms with Gasteiger partial charge in [0.1, 0.15) is 0 Å². The van der Waals surface area contributed by atoms with Crippen LogP contribution < -0.4 is 10.1 Å². The summed E-state index contributed by atoms with van der Waals surface area (Å²) in [5.74, 6) is 0.375. The molecule has 0 spiro atoms. The van der Waals surface area contributed by atoms with Crippen molar-refractivity contribution < 1.29 is 14.5 Å². The Morgan fingerprint density at radius 1 is 1.35 bits per heavy atom. The van der Waals surface area contributed by atoms with E-state index in [1.54, 1.807) is 0 Å². The molecule has 0 aromatic heterocycles. The zero-order chi connectivity index (χ0) is 17.4. The number of amides is 1. The van der Waals surface area contributed by atoms with Crippen LogP contribution in [0.3, 0.4) is 0 Å². The Bertz CT molecular complexity index is 549. The first-order chi connectivity index (χ1) is 10.8. The number of nitrogens with zero attached hydrogens (tertiary/aromatic N) is 1. The normalized spacial score (nSPS) is 12.0. The quantitative estimate of drug-likeness (QED) is 0.544. The fourth-order valence-electron chi connectivity index (χ4n) is 2.12. The highest BCUT2D eigenvalue weighted by Crippen LogP contribution is 2.29. The van der Waals surface area contributed by atoms with E-state index >= 15 is 0 Å². The molecule has 1 atom stereocenters. The van der Waals surface area contributed by atoms with Gasteiger partial charge >= 0.3 is 5.69 Å². The number of nitro benzene ring substituents is 1. The van der Waals surface area contributed by atoms with Crippen LogP contribution in [0.5, 0.6) is 5.75 Å². The van der Waals surface area contributed by atoms with E-state index in [0.717, 1.165) is 19.3 Å². The third-order valence-electron chi connectivity index (χ3n) is 3.30. The molecule has 6 nitrogen and oxygen atoms in total. The standard InChI is InChI=1S/C16H23ClN2O4/c1-11(2)5-4-6-12(3)18-16(20)10-23-15-8-7-13(17)9-14(15)19(21)22/h7-9,11-12H,4-6,10H2,1-3H3,(H,18,20)/t12-/m0/s1. The Balaban J connectivity index is 2.46. The number of nitro groups is 1. The highest BCUT2D eigenvalue weighted by atomic mass is 35.5. The summed E-state index contributed by atoms with van der Waals surface area (Å²) in [6.07, 6.45) is 3.06. The van der Waals surface area contributed by atoms with Crippen molar-refractivity contribution in [1.29, 1.82) is 0 Å². The van der Waals surface area contributed by atoms with E-state index in [4.69, 9.17) is 16.3 Å². The third kappa shape index (κ3) is 7.32. The van der Waals surface area contributed by atoms with E-state index in [0.29, 0.717) is 5.92 Å². The van der Waals surface area contributed by atoms with Gasteiger partial charge in [-0.3, -0.25) is 14.9 Å². The molecule has 1 rings (SSSR count). The fourth-order valence-corrected chi connectivity index (χ4v) is 2.29. The highest BCUT2D eigenvalue weighted by Gasteiger charge is 2.17. The number of hydrogen-bond acceptors (Lipinski definition) is 4. The molecule has 0 fully saturated rings. The number of carbonyl (C=O) groups excluding carboxylic acids is 1. The van der Waals surface area contributed by atoms with Gasteiger partial charge < -0.3 is 10.1 Å². The van der Waals surface area contributed by atoms with Crippen molar-refractivity contribution in [3.8, 4) is 5.75 Å². The molecule has 0 bridgehead atoms. The minimum atomic E-state index is -0.590. The Kier molecular flexibility index (Phi) is 7.81. The highest BCUT2D eigenvalue weighted by molar-refractivity contribution is 6.30. The second-order valence-corrected chi connectivity index (χ2v) is 6.39. The van der Waals surface area contributed by atoms with Crippen LogP contribution in [0.1, 0.15) is 40.0 Å². The number of benzene rings is 1. The lowest BCUT2D eigenvalue weighted by atomic mass is 10.0. The average molecular weight is 343 g/mol. The van der Waals surface area contributed by atoms with E-state index in [2.05, 4.69) is 19.2 Å². The Hall–Kier alpha value is -1.82. The molecular formula is C16H23ClN2O4. The molecule has 1 amide bonds. The molecular weight excluding hydrogens is 320 g/mol. The number of rotatable bonds is 9. The summed E-state index contributed by atoms with van der Waals surface area (Å²) in [5.41, 5.74) is -0.254. The fraction of sp³-hybridized carbons (Fsp3) is 0.562.